The molecule has 6 heteroatoms. The summed E-state index contributed by atoms with van der Waals surface area (Å²) in [4.78, 5) is 16.3. The smallest absolute Gasteiger partial charge is 0.301 e. The van der Waals surface area contributed by atoms with E-state index in [4.69, 9.17) is 0 Å². The number of hydrogen-bond donors (Lipinski definition) is 1. The van der Waals surface area contributed by atoms with E-state index in [1.54, 1.807) is 11.4 Å². The Morgan fingerprint density at radius 1 is 1.54 bits per heavy atom. The van der Waals surface area contributed by atoms with Crippen molar-refractivity contribution in [3.8, 4) is 11.4 Å². The van der Waals surface area contributed by atoms with Crippen LogP contribution < -0.4 is 5.69 Å². The number of halogens is 1. The average molecular weight is 197 g/mol. The molecule has 2 aromatic rings. The van der Waals surface area contributed by atoms with Crippen molar-refractivity contribution in [3.05, 3.63) is 33.9 Å². The topological polar surface area (TPSA) is 58.6 Å². The molecule has 0 fully saturated rings. The molecule has 2 aromatic heterocycles. The van der Waals surface area contributed by atoms with E-state index < -0.39 is 11.5 Å². The van der Waals surface area contributed by atoms with Crippen molar-refractivity contribution in [1.29, 1.82) is 0 Å². The van der Waals surface area contributed by atoms with Gasteiger partial charge in [-0.25, -0.2) is 9.18 Å². The van der Waals surface area contributed by atoms with Gasteiger partial charge < -0.3 is 4.98 Å². The number of aromatic nitrogens is 3. The van der Waals surface area contributed by atoms with Gasteiger partial charge in [0, 0.05) is 5.38 Å². The van der Waals surface area contributed by atoms with Crippen LogP contribution in [0.25, 0.3) is 11.4 Å². The summed E-state index contributed by atoms with van der Waals surface area (Å²) in [6.07, 6.45) is 0.882. The Bertz CT molecular complexity index is 465. The summed E-state index contributed by atoms with van der Waals surface area (Å²) >= 11 is 1.19. The van der Waals surface area contributed by atoms with Crippen molar-refractivity contribution in [2.45, 2.75) is 0 Å². The van der Waals surface area contributed by atoms with Gasteiger partial charge in [0.15, 0.2) is 5.82 Å². The summed E-state index contributed by atoms with van der Waals surface area (Å²) < 4.78 is 17.0. The summed E-state index contributed by atoms with van der Waals surface area (Å²) in [6.45, 7) is 0. The third kappa shape index (κ3) is 1.48. The molecular formula is C7H4FN3OS. The Balaban J connectivity index is 2.64. The number of aromatic amines is 1. The minimum Gasteiger partial charge on any atom is -0.301 e. The highest BCUT2D eigenvalue weighted by Crippen LogP contribution is 2.16. The highest BCUT2D eigenvalue weighted by atomic mass is 32.1. The summed E-state index contributed by atoms with van der Waals surface area (Å²) in [6, 6.07) is 1.62. The fourth-order valence-corrected chi connectivity index (χ4v) is 1.42. The van der Waals surface area contributed by atoms with Gasteiger partial charge in [-0.15, -0.1) is 0 Å². The van der Waals surface area contributed by atoms with Crippen LogP contribution in [0.4, 0.5) is 4.39 Å². The van der Waals surface area contributed by atoms with Crippen molar-refractivity contribution in [2.24, 2.45) is 0 Å². The molecule has 0 bridgehead atoms. The third-order valence-electron chi connectivity index (χ3n) is 1.46. The van der Waals surface area contributed by atoms with E-state index in [0.29, 0.717) is 5.69 Å². The van der Waals surface area contributed by atoms with E-state index in [2.05, 4.69) is 14.3 Å². The second-order valence-electron chi connectivity index (χ2n) is 2.30. The van der Waals surface area contributed by atoms with Gasteiger partial charge in [-0.2, -0.15) is 9.36 Å². The monoisotopic (exact) mass is 197 g/mol. The molecule has 2 heterocycles. The maximum atomic E-state index is 13.1. The average Bonchev–Trinajstić information content (AvgIpc) is 2.61. The quantitative estimate of drug-likeness (QED) is 0.742. The summed E-state index contributed by atoms with van der Waals surface area (Å²) in [5.41, 5.74) is -0.0762. The van der Waals surface area contributed by atoms with Gasteiger partial charge in [0.1, 0.15) is 11.4 Å². The zero-order chi connectivity index (χ0) is 9.26. The first kappa shape index (κ1) is 8.06. The third-order valence-corrected chi connectivity index (χ3v) is 2.02. The molecule has 0 amide bonds. The number of rotatable bonds is 1. The first-order chi connectivity index (χ1) is 6.27. The van der Waals surface area contributed by atoms with Crippen molar-refractivity contribution >= 4 is 11.5 Å². The van der Waals surface area contributed by atoms with Crippen molar-refractivity contribution in [3.63, 3.8) is 0 Å². The molecule has 1 N–H and O–H groups in total. The van der Waals surface area contributed by atoms with Gasteiger partial charge in [-0.05, 0) is 17.6 Å². The van der Waals surface area contributed by atoms with Crippen molar-refractivity contribution < 1.29 is 4.39 Å². The predicted molar refractivity (Wildman–Crippen MR) is 45.9 cm³/mol. The lowest BCUT2D eigenvalue weighted by Gasteiger charge is -1.95. The second-order valence-corrected chi connectivity index (χ2v) is 2.96. The van der Waals surface area contributed by atoms with Crippen molar-refractivity contribution in [1.82, 2.24) is 14.3 Å². The molecule has 4 nitrogen and oxygen atoms in total. The van der Waals surface area contributed by atoms with E-state index in [1.807, 2.05) is 0 Å². The lowest BCUT2D eigenvalue weighted by atomic mass is 10.3. The van der Waals surface area contributed by atoms with E-state index in [1.165, 1.54) is 11.5 Å². The zero-order valence-electron chi connectivity index (χ0n) is 6.32. The number of nitrogens with zero attached hydrogens (tertiary/aromatic N) is 2. The molecule has 0 atom stereocenters. The molecule has 0 spiro atoms. The molecule has 0 aliphatic rings. The van der Waals surface area contributed by atoms with Gasteiger partial charge in [-0.1, -0.05) is 0 Å². The predicted octanol–water partition coefficient (Wildman–Crippen LogP) is 1.03. The minimum absolute atomic E-state index is 0.0845. The Hall–Kier alpha value is -1.56. The Morgan fingerprint density at radius 3 is 3.08 bits per heavy atom. The molecule has 0 saturated heterocycles. The fourth-order valence-electron chi connectivity index (χ4n) is 0.907. The number of nitrogens with one attached hydrogen (secondary N) is 1. The van der Waals surface area contributed by atoms with E-state index in [-0.39, 0.29) is 5.69 Å². The zero-order valence-corrected chi connectivity index (χ0v) is 7.14. The van der Waals surface area contributed by atoms with Gasteiger partial charge in [-0.3, -0.25) is 0 Å². The van der Waals surface area contributed by atoms with E-state index in [0.717, 1.165) is 6.20 Å². The van der Waals surface area contributed by atoms with Crippen LogP contribution in [0.3, 0.4) is 0 Å². The molecule has 66 valence electrons. The van der Waals surface area contributed by atoms with Gasteiger partial charge in [0.05, 0.1) is 6.20 Å². The molecule has 0 radical (unpaired) electrons. The van der Waals surface area contributed by atoms with Gasteiger partial charge in [0.25, 0.3) is 0 Å². The van der Waals surface area contributed by atoms with Crippen LogP contribution in [0, 0.1) is 5.82 Å². The summed E-state index contributed by atoms with van der Waals surface area (Å²) in [7, 11) is 0. The lowest BCUT2D eigenvalue weighted by Crippen LogP contribution is -2.11. The van der Waals surface area contributed by atoms with Crippen LogP contribution in [0.2, 0.25) is 0 Å². The Labute approximate surface area is 76.3 Å². The van der Waals surface area contributed by atoms with Gasteiger partial charge in [0.2, 0.25) is 0 Å². The first-order valence-electron chi connectivity index (χ1n) is 3.43. The van der Waals surface area contributed by atoms with Crippen LogP contribution in [0.5, 0.6) is 0 Å². The fraction of sp³-hybridized carbons (Fsp3) is 0. The Kier molecular flexibility index (Phi) is 1.90. The Morgan fingerprint density at radius 2 is 2.38 bits per heavy atom. The highest BCUT2D eigenvalue weighted by molar-refractivity contribution is 7.03. The minimum atomic E-state index is -0.579. The number of hydrogen-bond acceptors (Lipinski definition) is 4. The van der Waals surface area contributed by atoms with Crippen LogP contribution in [-0.4, -0.2) is 14.3 Å². The van der Waals surface area contributed by atoms with Crippen molar-refractivity contribution in [2.75, 3.05) is 0 Å². The summed E-state index contributed by atoms with van der Waals surface area (Å²) in [5.74, 6) is -0.578. The maximum Gasteiger partial charge on any atom is 0.345 e. The second kappa shape index (κ2) is 3.06. The maximum absolute atomic E-state index is 13.1. The molecule has 13 heavy (non-hydrogen) atoms. The molecule has 0 saturated carbocycles. The van der Waals surface area contributed by atoms with Crippen LogP contribution >= 0.6 is 11.5 Å². The number of H-pyrrole nitrogens is 1. The van der Waals surface area contributed by atoms with Gasteiger partial charge >= 0.3 is 5.69 Å². The molecule has 0 aliphatic carbocycles. The molecule has 0 aliphatic heterocycles. The largest absolute Gasteiger partial charge is 0.345 e. The highest BCUT2D eigenvalue weighted by Gasteiger charge is 2.07. The van der Waals surface area contributed by atoms with E-state index >= 15 is 0 Å². The molecule has 0 aromatic carbocycles. The van der Waals surface area contributed by atoms with Crippen LogP contribution in [0.15, 0.2) is 22.4 Å². The standard InChI is InChI=1S/C7H4FN3OS/c8-4-3-9-7(12)10-6(4)5-1-2-13-11-5/h1-3H,(H,9,10,12). The molecule has 0 unspecified atom stereocenters. The molecule has 2 rings (SSSR count). The molecular weight excluding hydrogens is 193 g/mol. The normalized spacial score (nSPS) is 10.2. The SMILES string of the molecule is O=c1ncc(F)c(-c2ccsn2)[nH]1. The first-order valence-corrected chi connectivity index (χ1v) is 4.26. The van der Waals surface area contributed by atoms with Crippen LogP contribution in [0.1, 0.15) is 0 Å². The lowest BCUT2D eigenvalue weighted by molar-refractivity contribution is 0.615. The summed E-state index contributed by atoms with van der Waals surface area (Å²) in [5, 5.41) is 1.70. The van der Waals surface area contributed by atoms with E-state index in [9.17, 15) is 9.18 Å². The van der Waals surface area contributed by atoms with Crippen LogP contribution in [-0.2, 0) is 0 Å².